The topological polar surface area (TPSA) is 51.4 Å². The second-order valence-electron chi connectivity index (χ2n) is 4.92. The van der Waals surface area contributed by atoms with Gasteiger partial charge in [-0.25, -0.2) is 4.98 Å². The maximum atomic E-state index is 5.81. The number of hydrogen-bond donors (Lipinski definition) is 1. The zero-order chi connectivity index (χ0) is 14.7. The highest BCUT2D eigenvalue weighted by Crippen LogP contribution is 2.33. The summed E-state index contributed by atoms with van der Waals surface area (Å²) in [6, 6.07) is 7.95. The van der Waals surface area contributed by atoms with Crippen LogP contribution >= 0.6 is 11.3 Å². The summed E-state index contributed by atoms with van der Waals surface area (Å²) in [4.78, 5) is 7.97. The van der Waals surface area contributed by atoms with Gasteiger partial charge in [-0.3, -0.25) is 0 Å². The monoisotopic (exact) mass is 291 g/mol. The zero-order valence-electron chi connectivity index (χ0n) is 12.4. The van der Waals surface area contributed by atoms with E-state index in [0.29, 0.717) is 12.5 Å². The first-order chi connectivity index (χ1) is 9.56. The lowest BCUT2D eigenvalue weighted by molar-refractivity contribution is 0.415. The summed E-state index contributed by atoms with van der Waals surface area (Å²) >= 11 is 1.66. The summed E-state index contributed by atoms with van der Waals surface area (Å²) in [5, 5.41) is 0.972. The van der Waals surface area contributed by atoms with E-state index in [2.05, 4.69) is 18.7 Å². The molecule has 20 heavy (non-hydrogen) atoms. The molecule has 0 amide bonds. The van der Waals surface area contributed by atoms with E-state index < -0.39 is 0 Å². The van der Waals surface area contributed by atoms with Crippen LogP contribution < -0.4 is 15.4 Å². The molecule has 0 radical (unpaired) electrons. The Balaban J connectivity index is 2.29. The summed E-state index contributed by atoms with van der Waals surface area (Å²) in [6.45, 7) is 4.83. The second kappa shape index (κ2) is 6.24. The Morgan fingerprint density at radius 1 is 1.30 bits per heavy atom. The van der Waals surface area contributed by atoms with Crippen molar-refractivity contribution in [3.05, 3.63) is 34.8 Å². The molecule has 108 valence electrons. The molecule has 0 unspecified atom stereocenters. The minimum Gasteiger partial charge on any atom is -0.497 e. The van der Waals surface area contributed by atoms with E-state index in [9.17, 15) is 0 Å². The van der Waals surface area contributed by atoms with E-state index >= 15 is 0 Å². The molecular weight excluding hydrogens is 270 g/mol. The van der Waals surface area contributed by atoms with Gasteiger partial charge in [0.15, 0.2) is 5.13 Å². The third-order valence-corrected chi connectivity index (χ3v) is 4.37. The molecule has 5 heteroatoms. The van der Waals surface area contributed by atoms with E-state index in [4.69, 9.17) is 15.5 Å². The first-order valence-electron chi connectivity index (χ1n) is 6.64. The van der Waals surface area contributed by atoms with E-state index in [1.54, 1.807) is 18.4 Å². The van der Waals surface area contributed by atoms with Crippen molar-refractivity contribution in [2.24, 2.45) is 5.73 Å². The van der Waals surface area contributed by atoms with Gasteiger partial charge in [0.25, 0.3) is 0 Å². The highest BCUT2D eigenvalue weighted by atomic mass is 32.1. The summed E-state index contributed by atoms with van der Waals surface area (Å²) in [5.41, 5.74) is 8.00. The smallest absolute Gasteiger partial charge is 0.190 e. The molecule has 1 heterocycles. The Kier molecular flexibility index (Phi) is 4.62. The number of aromatic nitrogens is 1. The summed E-state index contributed by atoms with van der Waals surface area (Å²) in [7, 11) is 3.69. The molecule has 0 saturated carbocycles. The number of hydrogen-bond acceptors (Lipinski definition) is 5. The van der Waals surface area contributed by atoms with Crippen LogP contribution in [0.5, 0.6) is 5.75 Å². The van der Waals surface area contributed by atoms with Crippen molar-refractivity contribution in [3.63, 3.8) is 0 Å². The Bertz CT molecular complexity index is 563. The van der Waals surface area contributed by atoms with Gasteiger partial charge >= 0.3 is 0 Å². The predicted octanol–water partition coefficient (Wildman–Crippen LogP) is 3.50. The van der Waals surface area contributed by atoms with Gasteiger partial charge in [-0.15, -0.1) is 0 Å². The number of anilines is 2. The van der Waals surface area contributed by atoms with Gasteiger partial charge in [-0.2, -0.15) is 0 Å². The van der Waals surface area contributed by atoms with Crippen LogP contribution in [0.1, 0.15) is 30.3 Å². The maximum Gasteiger partial charge on any atom is 0.190 e. The third kappa shape index (κ3) is 2.94. The third-order valence-electron chi connectivity index (χ3n) is 3.20. The van der Waals surface area contributed by atoms with Gasteiger partial charge in [0.2, 0.25) is 0 Å². The summed E-state index contributed by atoms with van der Waals surface area (Å²) < 4.78 is 5.18. The molecule has 0 bridgehead atoms. The average molecular weight is 291 g/mol. The van der Waals surface area contributed by atoms with Crippen molar-refractivity contribution < 1.29 is 4.74 Å². The Morgan fingerprint density at radius 2 is 1.95 bits per heavy atom. The first-order valence-corrected chi connectivity index (χ1v) is 7.46. The fraction of sp³-hybridized carbons (Fsp3) is 0.400. The van der Waals surface area contributed by atoms with Gasteiger partial charge in [0.1, 0.15) is 5.75 Å². The minimum atomic E-state index is 0.391. The van der Waals surface area contributed by atoms with E-state index in [-0.39, 0.29) is 0 Å². The molecule has 0 atom stereocenters. The van der Waals surface area contributed by atoms with Crippen molar-refractivity contribution in [1.29, 1.82) is 0 Å². The number of ether oxygens (including phenoxy) is 1. The molecule has 4 nitrogen and oxygen atoms in total. The van der Waals surface area contributed by atoms with Gasteiger partial charge in [-0.05, 0) is 30.2 Å². The number of rotatable bonds is 5. The SMILES string of the molecule is COc1ccc(N(C)c2nc(C(C)C)c(CN)s2)cc1. The van der Waals surface area contributed by atoms with E-state index in [0.717, 1.165) is 27.1 Å². The highest BCUT2D eigenvalue weighted by molar-refractivity contribution is 7.15. The second-order valence-corrected chi connectivity index (χ2v) is 5.98. The van der Waals surface area contributed by atoms with Crippen LogP contribution in [-0.4, -0.2) is 19.1 Å². The van der Waals surface area contributed by atoms with Crippen molar-refractivity contribution in [1.82, 2.24) is 4.98 Å². The molecule has 2 N–H and O–H groups in total. The van der Waals surface area contributed by atoms with Crippen LogP contribution in [0.2, 0.25) is 0 Å². The zero-order valence-corrected chi connectivity index (χ0v) is 13.2. The van der Waals surface area contributed by atoms with E-state index in [1.165, 1.54) is 0 Å². The Labute approximate surface area is 124 Å². The van der Waals surface area contributed by atoms with Gasteiger partial charge in [0, 0.05) is 24.2 Å². The Hall–Kier alpha value is -1.59. The quantitative estimate of drug-likeness (QED) is 0.916. The van der Waals surface area contributed by atoms with Crippen molar-refractivity contribution in [2.75, 3.05) is 19.1 Å². The molecule has 0 fully saturated rings. The van der Waals surface area contributed by atoms with E-state index in [1.807, 2.05) is 31.3 Å². The molecular formula is C15H21N3OS. The van der Waals surface area contributed by atoms with Crippen molar-refractivity contribution >= 4 is 22.2 Å². The van der Waals surface area contributed by atoms with Gasteiger partial charge in [0.05, 0.1) is 12.8 Å². The lowest BCUT2D eigenvalue weighted by Crippen LogP contribution is -2.09. The molecule has 2 aromatic rings. The standard InChI is InChI=1S/C15H21N3OS/c1-10(2)14-13(9-16)20-15(17-14)18(3)11-5-7-12(19-4)8-6-11/h5-8,10H,9,16H2,1-4H3. The summed E-state index contributed by atoms with van der Waals surface area (Å²) in [5.74, 6) is 1.25. The number of methoxy groups -OCH3 is 1. The molecule has 1 aromatic carbocycles. The molecule has 0 aliphatic carbocycles. The fourth-order valence-electron chi connectivity index (χ4n) is 2.01. The van der Waals surface area contributed by atoms with Crippen LogP contribution in [0.3, 0.4) is 0 Å². The van der Waals surface area contributed by atoms with Gasteiger partial charge < -0.3 is 15.4 Å². The molecule has 0 saturated heterocycles. The van der Waals surface area contributed by atoms with Crippen molar-refractivity contribution in [3.8, 4) is 5.75 Å². The number of nitrogens with zero attached hydrogens (tertiary/aromatic N) is 2. The highest BCUT2D eigenvalue weighted by Gasteiger charge is 2.16. The van der Waals surface area contributed by atoms with Crippen molar-refractivity contribution in [2.45, 2.75) is 26.3 Å². The summed E-state index contributed by atoms with van der Waals surface area (Å²) in [6.07, 6.45) is 0. The maximum absolute atomic E-state index is 5.81. The average Bonchev–Trinajstić information content (AvgIpc) is 2.91. The number of nitrogens with two attached hydrogens (primary N) is 1. The normalized spacial score (nSPS) is 10.9. The molecule has 2 rings (SSSR count). The number of benzene rings is 1. The first kappa shape index (κ1) is 14.8. The van der Waals surface area contributed by atoms with Crippen LogP contribution in [0, 0.1) is 0 Å². The largest absolute Gasteiger partial charge is 0.497 e. The Morgan fingerprint density at radius 3 is 2.40 bits per heavy atom. The van der Waals surface area contributed by atoms with Crippen LogP contribution in [0.4, 0.5) is 10.8 Å². The minimum absolute atomic E-state index is 0.391. The van der Waals surface area contributed by atoms with Gasteiger partial charge in [-0.1, -0.05) is 25.2 Å². The molecule has 0 spiro atoms. The number of thiazole rings is 1. The molecule has 1 aromatic heterocycles. The molecule has 0 aliphatic heterocycles. The molecule has 0 aliphatic rings. The lowest BCUT2D eigenvalue weighted by atomic mass is 10.1. The fourth-order valence-corrected chi connectivity index (χ4v) is 3.08. The van der Waals surface area contributed by atoms with Crippen LogP contribution in [0.25, 0.3) is 0 Å². The lowest BCUT2D eigenvalue weighted by Gasteiger charge is -2.16. The van der Waals surface area contributed by atoms with Crippen LogP contribution in [0.15, 0.2) is 24.3 Å². The predicted molar refractivity (Wildman–Crippen MR) is 85.2 cm³/mol. The van der Waals surface area contributed by atoms with Crippen LogP contribution in [-0.2, 0) is 6.54 Å².